The quantitative estimate of drug-likeness (QED) is 0.731. The van der Waals surface area contributed by atoms with Crippen molar-refractivity contribution in [3.8, 4) is 0 Å². The topological polar surface area (TPSA) is 67.2 Å². The first-order valence-electron chi connectivity index (χ1n) is 5.27. The van der Waals surface area contributed by atoms with Crippen LogP contribution in [0.15, 0.2) is 24.3 Å². The van der Waals surface area contributed by atoms with Crippen molar-refractivity contribution in [3.63, 3.8) is 0 Å². The van der Waals surface area contributed by atoms with E-state index in [1.807, 2.05) is 24.3 Å². The summed E-state index contributed by atoms with van der Waals surface area (Å²) in [4.78, 5) is 10.5. The largest absolute Gasteiger partial charge is 0.380 e. The molecule has 4 N–H and O–H groups in total. The molecule has 0 aliphatic heterocycles. The van der Waals surface area contributed by atoms with Gasteiger partial charge in [0.1, 0.15) is 0 Å². The Morgan fingerprint density at radius 2 is 1.81 bits per heavy atom. The molecule has 4 nitrogen and oxygen atoms in total. The Balaban J connectivity index is 2.57. The lowest BCUT2D eigenvalue weighted by Gasteiger charge is -2.22. The molecule has 0 fully saturated rings. The van der Waals surface area contributed by atoms with Gasteiger partial charge in [-0.05, 0) is 38.5 Å². The van der Waals surface area contributed by atoms with Crippen LogP contribution in [0.25, 0.3) is 0 Å². The number of hydrogen-bond acceptors (Lipinski definition) is 2. The van der Waals surface area contributed by atoms with Gasteiger partial charge in [0.25, 0.3) is 0 Å². The first-order chi connectivity index (χ1) is 7.37. The summed E-state index contributed by atoms with van der Waals surface area (Å²) in [5.41, 5.74) is 7.13. The van der Waals surface area contributed by atoms with Crippen molar-refractivity contribution >= 4 is 11.7 Å². The van der Waals surface area contributed by atoms with Crippen molar-refractivity contribution in [3.05, 3.63) is 29.8 Å². The van der Waals surface area contributed by atoms with E-state index < -0.39 is 6.03 Å². The van der Waals surface area contributed by atoms with Crippen LogP contribution in [0.3, 0.4) is 0 Å². The number of nitrogens with one attached hydrogen (secondary N) is 2. The predicted octanol–water partition coefficient (Wildman–Crippen LogP) is 2.07. The maximum absolute atomic E-state index is 10.5. The van der Waals surface area contributed by atoms with Crippen LogP contribution < -0.4 is 16.4 Å². The van der Waals surface area contributed by atoms with Crippen molar-refractivity contribution in [1.29, 1.82) is 0 Å². The van der Waals surface area contributed by atoms with Crippen molar-refractivity contribution in [1.82, 2.24) is 5.32 Å². The third kappa shape index (κ3) is 4.68. The van der Waals surface area contributed by atoms with Crippen molar-refractivity contribution in [2.24, 2.45) is 5.73 Å². The van der Waals surface area contributed by atoms with Crippen LogP contribution in [-0.2, 0) is 6.54 Å². The van der Waals surface area contributed by atoms with Crippen LogP contribution >= 0.6 is 0 Å². The first kappa shape index (κ1) is 12.4. The van der Waals surface area contributed by atoms with Gasteiger partial charge in [-0.3, -0.25) is 0 Å². The van der Waals surface area contributed by atoms with E-state index in [4.69, 9.17) is 5.73 Å². The maximum Gasteiger partial charge on any atom is 0.312 e. The highest BCUT2D eigenvalue weighted by molar-refractivity contribution is 5.71. The van der Waals surface area contributed by atoms with Gasteiger partial charge in [0.05, 0.1) is 0 Å². The van der Waals surface area contributed by atoms with Crippen LogP contribution in [0, 0.1) is 0 Å². The number of hydrogen-bond donors (Lipinski definition) is 3. The zero-order valence-corrected chi connectivity index (χ0v) is 10.0. The van der Waals surface area contributed by atoms with Crippen LogP contribution in [0.2, 0.25) is 0 Å². The summed E-state index contributed by atoms with van der Waals surface area (Å²) in [6.45, 7) is 6.78. The zero-order chi connectivity index (χ0) is 12.2. The fourth-order valence-electron chi connectivity index (χ4n) is 1.33. The lowest BCUT2D eigenvalue weighted by molar-refractivity contribution is 0.248. The predicted molar refractivity (Wildman–Crippen MR) is 66.2 cm³/mol. The fraction of sp³-hybridized carbons (Fsp3) is 0.417. The molecule has 0 unspecified atom stereocenters. The highest BCUT2D eigenvalue weighted by Crippen LogP contribution is 2.15. The molecule has 0 saturated heterocycles. The number of amides is 2. The minimum atomic E-state index is -0.503. The molecular formula is C12H19N3O. The molecule has 0 saturated carbocycles. The third-order valence-corrected chi connectivity index (χ3v) is 1.94. The smallest absolute Gasteiger partial charge is 0.312 e. The standard InChI is InChI=1S/C12H19N3O/c1-12(2,3)15-10-6-4-9(5-7-10)8-14-11(13)16/h4-7,15H,8H2,1-3H3,(H3,13,14,16). The summed E-state index contributed by atoms with van der Waals surface area (Å²) in [7, 11) is 0. The second-order valence-electron chi connectivity index (χ2n) is 4.79. The van der Waals surface area contributed by atoms with Crippen LogP contribution in [0.4, 0.5) is 10.5 Å². The molecule has 0 spiro atoms. The molecule has 0 heterocycles. The average Bonchev–Trinajstić information content (AvgIpc) is 2.14. The minimum absolute atomic E-state index is 0.0486. The Morgan fingerprint density at radius 1 is 1.25 bits per heavy atom. The Bertz CT molecular complexity index is 352. The molecule has 4 heteroatoms. The van der Waals surface area contributed by atoms with Gasteiger partial charge >= 0.3 is 6.03 Å². The van der Waals surface area contributed by atoms with E-state index in [9.17, 15) is 4.79 Å². The van der Waals surface area contributed by atoms with Crippen LogP contribution in [-0.4, -0.2) is 11.6 Å². The van der Waals surface area contributed by atoms with E-state index in [0.29, 0.717) is 6.54 Å². The molecule has 0 aliphatic rings. The van der Waals surface area contributed by atoms with E-state index in [-0.39, 0.29) is 5.54 Å². The summed E-state index contributed by atoms with van der Waals surface area (Å²) in [5, 5.41) is 5.91. The van der Waals surface area contributed by atoms with Crippen LogP contribution in [0.5, 0.6) is 0 Å². The molecule has 2 amide bonds. The molecule has 88 valence electrons. The number of carbonyl (C=O) groups is 1. The van der Waals surface area contributed by atoms with E-state index >= 15 is 0 Å². The average molecular weight is 221 g/mol. The molecule has 1 aromatic carbocycles. The number of benzene rings is 1. The summed E-state index contributed by atoms with van der Waals surface area (Å²) in [6, 6.07) is 7.40. The molecule has 0 bridgehead atoms. The van der Waals surface area contributed by atoms with Gasteiger partial charge in [-0.1, -0.05) is 12.1 Å². The Morgan fingerprint density at radius 3 is 2.25 bits per heavy atom. The Hall–Kier alpha value is -1.71. The molecule has 0 radical (unpaired) electrons. The lowest BCUT2D eigenvalue weighted by Crippen LogP contribution is -2.28. The van der Waals surface area contributed by atoms with Gasteiger partial charge in [-0.2, -0.15) is 0 Å². The van der Waals surface area contributed by atoms with Crippen molar-refractivity contribution in [2.45, 2.75) is 32.9 Å². The van der Waals surface area contributed by atoms with Gasteiger partial charge in [0.2, 0.25) is 0 Å². The summed E-state index contributed by atoms with van der Waals surface area (Å²) in [6.07, 6.45) is 0. The van der Waals surface area contributed by atoms with Gasteiger partial charge in [0.15, 0.2) is 0 Å². The van der Waals surface area contributed by atoms with Gasteiger partial charge in [-0.25, -0.2) is 4.79 Å². The highest BCUT2D eigenvalue weighted by atomic mass is 16.2. The number of anilines is 1. The van der Waals surface area contributed by atoms with E-state index in [1.165, 1.54) is 0 Å². The number of urea groups is 1. The van der Waals surface area contributed by atoms with Crippen molar-refractivity contribution < 1.29 is 4.79 Å². The van der Waals surface area contributed by atoms with Gasteiger partial charge < -0.3 is 16.4 Å². The SMILES string of the molecule is CC(C)(C)Nc1ccc(CNC(N)=O)cc1. The normalized spacial score (nSPS) is 10.9. The van der Waals surface area contributed by atoms with E-state index in [2.05, 4.69) is 31.4 Å². The van der Waals surface area contributed by atoms with Crippen LogP contribution in [0.1, 0.15) is 26.3 Å². The van der Waals surface area contributed by atoms with Crippen molar-refractivity contribution in [2.75, 3.05) is 5.32 Å². The van der Waals surface area contributed by atoms with E-state index in [1.54, 1.807) is 0 Å². The molecule has 16 heavy (non-hydrogen) atoms. The Kier molecular flexibility index (Phi) is 3.77. The van der Waals surface area contributed by atoms with Gasteiger partial charge in [-0.15, -0.1) is 0 Å². The summed E-state index contributed by atoms with van der Waals surface area (Å²) < 4.78 is 0. The molecular weight excluding hydrogens is 202 g/mol. The van der Waals surface area contributed by atoms with Gasteiger partial charge in [0, 0.05) is 17.8 Å². The molecule has 0 aromatic heterocycles. The second kappa shape index (κ2) is 4.88. The highest BCUT2D eigenvalue weighted by Gasteiger charge is 2.08. The maximum atomic E-state index is 10.5. The molecule has 0 aliphatic carbocycles. The van der Waals surface area contributed by atoms with E-state index in [0.717, 1.165) is 11.3 Å². The minimum Gasteiger partial charge on any atom is -0.380 e. The Labute approximate surface area is 96.2 Å². The molecule has 1 rings (SSSR count). The zero-order valence-electron chi connectivity index (χ0n) is 10.0. The molecule has 1 aromatic rings. The summed E-state index contributed by atoms with van der Waals surface area (Å²) in [5.74, 6) is 0. The lowest BCUT2D eigenvalue weighted by atomic mass is 10.1. The second-order valence-corrected chi connectivity index (χ2v) is 4.79. The summed E-state index contributed by atoms with van der Waals surface area (Å²) >= 11 is 0. The monoisotopic (exact) mass is 221 g/mol. The number of rotatable bonds is 3. The number of carbonyl (C=O) groups excluding carboxylic acids is 1. The number of primary amides is 1. The third-order valence-electron chi connectivity index (χ3n) is 1.94. The molecule has 0 atom stereocenters. The first-order valence-corrected chi connectivity index (χ1v) is 5.27. The number of nitrogens with two attached hydrogens (primary N) is 1. The fourth-order valence-corrected chi connectivity index (χ4v) is 1.33.